The Hall–Kier alpha value is -4.20. The van der Waals surface area contributed by atoms with Gasteiger partial charge in [0.05, 0.1) is 24.1 Å². The summed E-state index contributed by atoms with van der Waals surface area (Å²) in [5.74, 6) is -1.91. The number of hydrogen-bond acceptors (Lipinski definition) is 3. The molecule has 0 bridgehead atoms. The van der Waals surface area contributed by atoms with Gasteiger partial charge in [0.2, 0.25) is 0 Å². The third-order valence-corrected chi connectivity index (χ3v) is 8.31. The van der Waals surface area contributed by atoms with Crippen molar-refractivity contribution in [3.05, 3.63) is 89.6 Å². The lowest BCUT2D eigenvalue weighted by Crippen LogP contribution is -2.57. The fraction of sp³-hybridized carbons (Fsp3) is 0.290. The number of ether oxygens (including phenoxy) is 1. The number of carboxylic acid groups (broad SMARTS) is 1. The maximum Gasteiger partial charge on any atom is 0.306 e. The van der Waals surface area contributed by atoms with Gasteiger partial charge in [-0.25, -0.2) is 8.78 Å². The highest BCUT2D eigenvalue weighted by atomic mass is 19.1. The van der Waals surface area contributed by atoms with Crippen molar-refractivity contribution >= 4 is 22.8 Å². The van der Waals surface area contributed by atoms with Gasteiger partial charge in [0, 0.05) is 24.2 Å². The van der Waals surface area contributed by atoms with Gasteiger partial charge in [-0.3, -0.25) is 9.59 Å². The van der Waals surface area contributed by atoms with Gasteiger partial charge in [0.1, 0.15) is 5.82 Å². The van der Waals surface area contributed by atoms with E-state index >= 15 is 0 Å². The van der Waals surface area contributed by atoms with Crippen molar-refractivity contribution < 1.29 is 28.2 Å². The number of carbonyl (C=O) groups is 2. The maximum absolute atomic E-state index is 14.7. The highest BCUT2D eigenvalue weighted by molar-refractivity contribution is 6.06. The Morgan fingerprint density at radius 3 is 2.36 bits per heavy atom. The molecule has 39 heavy (non-hydrogen) atoms. The number of fused-ring (bicyclic) bond motifs is 1. The van der Waals surface area contributed by atoms with E-state index in [4.69, 9.17) is 9.84 Å². The Morgan fingerprint density at radius 2 is 1.69 bits per heavy atom. The van der Waals surface area contributed by atoms with Gasteiger partial charge in [-0.05, 0) is 78.1 Å². The SMILES string of the molecule is COc1ccc(-c2ccc(Cn3ccc4c(F)ccc(C(=O)NC5CC6(C5)CC(C(=O)O)C6)c43)cc2)cc1F. The number of carboxylic acids is 1. The number of methoxy groups -OCH3 is 1. The van der Waals surface area contributed by atoms with Crippen molar-refractivity contribution in [3.63, 3.8) is 0 Å². The Morgan fingerprint density at radius 1 is 0.974 bits per heavy atom. The molecule has 0 atom stereocenters. The van der Waals surface area contributed by atoms with Gasteiger partial charge in [0.15, 0.2) is 11.6 Å². The monoisotopic (exact) mass is 530 g/mol. The Bertz CT molecular complexity index is 1580. The molecule has 1 amide bonds. The summed E-state index contributed by atoms with van der Waals surface area (Å²) in [6.45, 7) is 0.424. The molecule has 2 saturated carbocycles. The van der Waals surface area contributed by atoms with E-state index in [0.717, 1.165) is 29.5 Å². The second kappa shape index (κ2) is 9.52. The van der Waals surface area contributed by atoms with Crippen LogP contribution in [0, 0.1) is 23.0 Å². The number of hydrogen-bond donors (Lipinski definition) is 2. The molecule has 2 aliphatic rings. The molecule has 6 nitrogen and oxygen atoms in total. The lowest BCUT2D eigenvalue weighted by Gasteiger charge is -2.56. The third kappa shape index (κ3) is 4.54. The highest BCUT2D eigenvalue weighted by Crippen LogP contribution is 2.58. The van der Waals surface area contributed by atoms with E-state index < -0.39 is 17.6 Å². The zero-order valence-corrected chi connectivity index (χ0v) is 21.4. The number of aliphatic carboxylic acids is 1. The van der Waals surface area contributed by atoms with Crippen molar-refractivity contribution in [2.45, 2.75) is 38.3 Å². The molecule has 1 heterocycles. The lowest BCUT2D eigenvalue weighted by molar-refractivity contribution is -0.155. The minimum absolute atomic E-state index is 0.00824. The van der Waals surface area contributed by atoms with E-state index in [1.54, 1.807) is 24.4 Å². The fourth-order valence-electron chi connectivity index (χ4n) is 6.30. The summed E-state index contributed by atoms with van der Waals surface area (Å²) < 4.78 is 35.7. The number of carbonyl (C=O) groups excluding carboxylic acids is 1. The molecule has 4 aromatic rings. The Kier molecular flexibility index (Phi) is 6.13. The predicted octanol–water partition coefficient (Wildman–Crippen LogP) is 6.02. The van der Waals surface area contributed by atoms with Crippen LogP contribution in [-0.4, -0.2) is 34.7 Å². The number of aromatic nitrogens is 1. The van der Waals surface area contributed by atoms with Crippen molar-refractivity contribution in [1.29, 1.82) is 0 Å². The van der Waals surface area contributed by atoms with E-state index in [2.05, 4.69) is 5.32 Å². The number of nitrogens with one attached hydrogen (secondary N) is 1. The van der Waals surface area contributed by atoms with Crippen LogP contribution in [0.4, 0.5) is 8.78 Å². The van der Waals surface area contributed by atoms with Crippen molar-refractivity contribution in [2.75, 3.05) is 7.11 Å². The first-order valence-corrected chi connectivity index (χ1v) is 13.0. The largest absolute Gasteiger partial charge is 0.494 e. The molecule has 1 spiro atoms. The Balaban J connectivity index is 1.19. The molecule has 3 aromatic carbocycles. The number of amides is 1. The molecular weight excluding hydrogens is 502 g/mol. The van der Waals surface area contributed by atoms with Crippen LogP contribution in [0.2, 0.25) is 0 Å². The molecule has 6 rings (SSSR count). The zero-order chi connectivity index (χ0) is 27.3. The van der Waals surface area contributed by atoms with Gasteiger partial charge < -0.3 is 19.7 Å². The summed E-state index contributed by atoms with van der Waals surface area (Å²) in [4.78, 5) is 24.4. The summed E-state index contributed by atoms with van der Waals surface area (Å²) >= 11 is 0. The topological polar surface area (TPSA) is 80.6 Å². The molecular formula is C31H28F2N2O4. The van der Waals surface area contributed by atoms with Crippen LogP contribution in [0.5, 0.6) is 5.75 Å². The molecule has 0 unspecified atom stereocenters. The van der Waals surface area contributed by atoms with E-state index in [-0.39, 0.29) is 29.0 Å². The van der Waals surface area contributed by atoms with E-state index in [1.165, 1.54) is 25.3 Å². The van der Waals surface area contributed by atoms with Crippen LogP contribution < -0.4 is 10.1 Å². The first-order chi connectivity index (χ1) is 18.7. The quantitative estimate of drug-likeness (QED) is 0.306. The maximum atomic E-state index is 14.7. The molecule has 2 N–H and O–H groups in total. The zero-order valence-electron chi connectivity index (χ0n) is 21.4. The van der Waals surface area contributed by atoms with Gasteiger partial charge in [-0.15, -0.1) is 0 Å². The normalized spacial score (nSPS) is 21.8. The second-order valence-corrected chi connectivity index (χ2v) is 10.9. The minimum atomic E-state index is -0.744. The number of halogens is 2. The summed E-state index contributed by atoms with van der Waals surface area (Å²) in [7, 11) is 1.42. The molecule has 2 fully saturated rings. The van der Waals surface area contributed by atoms with Crippen molar-refractivity contribution in [1.82, 2.24) is 9.88 Å². The summed E-state index contributed by atoms with van der Waals surface area (Å²) in [5.41, 5.74) is 3.49. The lowest BCUT2D eigenvalue weighted by atomic mass is 9.50. The van der Waals surface area contributed by atoms with E-state index in [1.807, 2.05) is 28.8 Å². The number of rotatable bonds is 7. The molecule has 200 valence electrons. The van der Waals surface area contributed by atoms with Gasteiger partial charge in [-0.1, -0.05) is 30.3 Å². The molecule has 1 aromatic heterocycles. The van der Waals surface area contributed by atoms with Crippen LogP contribution in [0.1, 0.15) is 41.6 Å². The van der Waals surface area contributed by atoms with Gasteiger partial charge in [-0.2, -0.15) is 0 Å². The summed E-state index contributed by atoms with van der Waals surface area (Å²) in [5, 5.41) is 12.6. The first kappa shape index (κ1) is 25.1. The standard InChI is InChI=1S/C31H28F2N2O4/c1-39-27-9-6-20(12-26(27)33)19-4-2-18(3-5-19)17-35-11-10-23-25(32)8-7-24(28(23)35)29(36)34-22-15-31(16-22)13-21(14-31)30(37)38/h2-12,21-22H,13-17H2,1H3,(H,34,36)(H,37,38). The van der Waals surface area contributed by atoms with Crippen LogP contribution in [0.3, 0.4) is 0 Å². The van der Waals surface area contributed by atoms with Gasteiger partial charge >= 0.3 is 5.97 Å². The molecule has 0 radical (unpaired) electrons. The highest BCUT2D eigenvalue weighted by Gasteiger charge is 2.55. The minimum Gasteiger partial charge on any atom is -0.494 e. The smallest absolute Gasteiger partial charge is 0.306 e. The third-order valence-electron chi connectivity index (χ3n) is 8.31. The summed E-state index contributed by atoms with van der Waals surface area (Å²) in [6.07, 6.45) is 4.67. The predicted molar refractivity (Wildman–Crippen MR) is 143 cm³/mol. The average Bonchev–Trinajstić information content (AvgIpc) is 3.29. The second-order valence-electron chi connectivity index (χ2n) is 10.9. The van der Waals surface area contributed by atoms with Crippen LogP contribution in [0.25, 0.3) is 22.0 Å². The van der Waals surface area contributed by atoms with Crippen molar-refractivity contribution in [3.8, 4) is 16.9 Å². The number of nitrogens with zero attached hydrogens (tertiary/aromatic N) is 1. The first-order valence-electron chi connectivity index (χ1n) is 13.0. The molecule has 0 aliphatic heterocycles. The molecule has 8 heteroatoms. The molecule has 2 aliphatic carbocycles. The van der Waals surface area contributed by atoms with Gasteiger partial charge in [0.25, 0.3) is 5.91 Å². The van der Waals surface area contributed by atoms with E-state index in [9.17, 15) is 18.4 Å². The Labute approximate surface area is 224 Å². The summed E-state index contributed by atoms with van der Waals surface area (Å²) in [6, 6.07) is 17.0. The number of benzene rings is 3. The van der Waals surface area contributed by atoms with Crippen LogP contribution >= 0.6 is 0 Å². The van der Waals surface area contributed by atoms with Crippen molar-refractivity contribution in [2.24, 2.45) is 11.3 Å². The van der Waals surface area contributed by atoms with E-state index in [0.29, 0.717) is 35.9 Å². The van der Waals surface area contributed by atoms with Crippen LogP contribution in [0.15, 0.2) is 66.9 Å². The fourth-order valence-corrected chi connectivity index (χ4v) is 6.30. The van der Waals surface area contributed by atoms with Crippen LogP contribution in [-0.2, 0) is 11.3 Å². The average molecular weight is 531 g/mol. The molecule has 0 saturated heterocycles.